The van der Waals surface area contributed by atoms with Crippen LogP contribution in [0, 0.1) is 0 Å². The van der Waals surface area contributed by atoms with Gasteiger partial charge < -0.3 is 9.80 Å². The molecule has 108 valence electrons. The Morgan fingerprint density at radius 1 is 1.00 bits per heavy atom. The van der Waals surface area contributed by atoms with E-state index in [9.17, 15) is 4.79 Å². The normalized spacial score (nSPS) is 15.1. The van der Waals surface area contributed by atoms with Crippen molar-refractivity contribution < 1.29 is 4.79 Å². The molecule has 0 spiro atoms. The topological polar surface area (TPSA) is 36.4 Å². The lowest BCUT2D eigenvalue weighted by atomic mass is 10.2. The summed E-state index contributed by atoms with van der Waals surface area (Å²) in [5.74, 6) is 0.0659. The van der Waals surface area contributed by atoms with Gasteiger partial charge in [0, 0.05) is 44.1 Å². The highest BCUT2D eigenvalue weighted by Crippen LogP contribution is 2.26. The molecule has 0 atom stereocenters. The van der Waals surface area contributed by atoms with E-state index in [-0.39, 0.29) is 5.91 Å². The molecule has 4 nitrogen and oxygen atoms in total. The number of hydrogen-bond donors (Lipinski definition) is 0. The van der Waals surface area contributed by atoms with E-state index < -0.39 is 0 Å². The molecule has 0 unspecified atom stereocenters. The first-order valence-corrected chi connectivity index (χ1v) is 7.32. The SMILES string of the molecule is O=C(c1ccncc1)N1CCN(c2ccccc2Cl)CC1. The van der Waals surface area contributed by atoms with E-state index in [1.54, 1.807) is 24.5 Å². The van der Waals surface area contributed by atoms with Crippen molar-refractivity contribution in [2.75, 3.05) is 31.1 Å². The van der Waals surface area contributed by atoms with Crippen molar-refractivity contribution in [3.8, 4) is 0 Å². The van der Waals surface area contributed by atoms with Crippen LogP contribution in [0.25, 0.3) is 0 Å². The van der Waals surface area contributed by atoms with Gasteiger partial charge in [-0.05, 0) is 24.3 Å². The van der Waals surface area contributed by atoms with Gasteiger partial charge in [-0.25, -0.2) is 0 Å². The Morgan fingerprint density at radius 2 is 1.67 bits per heavy atom. The van der Waals surface area contributed by atoms with Crippen molar-refractivity contribution in [1.29, 1.82) is 0 Å². The van der Waals surface area contributed by atoms with Crippen molar-refractivity contribution in [2.45, 2.75) is 0 Å². The number of para-hydroxylation sites is 1. The molecular weight excluding hydrogens is 286 g/mol. The van der Waals surface area contributed by atoms with Crippen LogP contribution in [0.2, 0.25) is 5.02 Å². The number of amides is 1. The lowest BCUT2D eigenvalue weighted by Gasteiger charge is -2.36. The summed E-state index contributed by atoms with van der Waals surface area (Å²) in [5.41, 5.74) is 1.73. The minimum Gasteiger partial charge on any atom is -0.367 e. The number of piperazine rings is 1. The Morgan fingerprint density at radius 3 is 2.33 bits per heavy atom. The zero-order valence-corrected chi connectivity index (χ0v) is 12.3. The van der Waals surface area contributed by atoms with Gasteiger partial charge in [0.2, 0.25) is 0 Å². The molecule has 0 aliphatic carbocycles. The van der Waals surface area contributed by atoms with Gasteiger partial charge in [0.15, 0.2) is 0 Å². The van der Waals surface area contributed by atoms with Gasteiger partial charge in [-0.2, -0.15) is 0 Å². The van der Waals surface area contributed by atoms with Gasteiger partial charge in [-0.3, -0.25) is 9.78 Å². The maximum atomic E-state index is 12.4. The molecule has 5 heteroatoms. The number of halogens is 1. The summed E-state index contributed by atoms with van der Waals surface area (Å²) in [6, 6.07) is 11.3. The number of hydrogen-bond acceptors (Lipinski definition) is 3. The molecule has 0 bridgehead atoms. The number of rotatable bonds is 2. The molecule has 1 fully saturated rings. The van der Waals surface area contributed by atoms with Gasteiger partial charge in [0.25, 0.3) is 5.91 Å². The third-order valence-electron chi connectivity index (χ3n) is 3.69. The Balaban J connectivity index is 1.66. The average molecular weight is 302 g/mol. The minimum atomic E-state index is 0.0659. The molecular formula is C16H16ClN3O. The maximum absolute atomic E-state index is 12.4. The zero-order valence-electron chi connectivity index (χ0n) is 11.6. The van der Waals surface area contributed by atoms with E-state index >= 15 is 0 Å². The predicted octanol–water partition coefficient (Wildman–Crippen LogP) is 2.70. The van der Waals surface area contributed by atoms with Crippen molar-refractivity contribution in [2.24, 2.45) is 0 Å². The summed E-state index contributed by atoms with van der Waals surface area (Å²) in [5, 5.41) is 0.756. The minimum absolute atomic E-state index is 0.0659. The molecule has 1 aromatic carbocycles. The third kappa shape index (κ3) is 3.00. The summed E-state index contributed by atoms with van der Waals surface area (Å²) in [7, 11) is 0. The average Bonchev–Trinajstić information content (AvgIpc) is 2.56. The molecule has 21 heavy (non-hydrogen) atoms. The van der Waals surface area contributed by atoms with Crippen LogP contribution in [0.3, 0.4) is 0 Å². The molecule has 2 aromatic rings. The lowest BCUT2D eigenvalue weighted by Crippen LogP contribution is -2.48. The lowest BCUT2D eigenvalue weighted by molar-refractivity contribution is 0.0746. The number of carbonyl (C=O) groups excluding carboxylic acids is 1. The van der Waals surface area contributed by atoms with E-state index in [1.807, 2.05) is 29.2 Å². The molecule has 1 saturated heterocycles. The number of anilines is 1. The molecule has 0 radical (unpaired) electrons. The van der Waals surface area contributed by atoms with E-state index in [4.69, 9.17) is 11.6 Å². The smallest absolute Gasteiger partial charge is 0.254 e. The van der Waals surface area contributed by atoms with Crippen molar-refractivity contribution >= 4 is 23.2 Å². The number of benzene rings is 1. The van der Waals surface area contributed by atoms with E-state index in [0.717, 1.165) is 23.8 Å². The van der Waals surface area contributed by atoms with Gasteiger partial charge in [0.1, 0.15) is 0 Å². The van der Waals surface area contributed by atoms with E-state index in [1.165, 1.54) is 0 Å². The van der Waals surface area contributed by atoms with Crippen LogP contribution in [0.1, 0.15) is 10.4 Å². The monoisotopic (exact) mass is 301 g/mol. The Bertz CT molecular complexity index is 624. The van der Waals surface area contributed by atoms with Crippen LogP contribution in [-0.2, 0) is 0 Å². The van der Waals surface area contributed by atoms with Gasteiger partial charge in [-0.15, -0.1) is 0 Å². The van der Waals surface area contributed by atoms with Gasteiger partial charge in [0.05, 0.1) is 10.7 Å². The third-order valence-corrected chi connectivity index (χ3v) is 4.01. The second kappa shape index (κ2) is 6.14. The van der Waals surface area contributed by atoms with E-state index in [2.05, 4.69) is 9.88 Å². The van der Waals surface area contributed by atoms with Gasteiger partial charge in [-0.1, -0.05) is 23.7 Å². The maximum Gasteiger partial charge on any atom is 0.254 e. The highest BCUT2D eigenvalue weighted by atomic mass is 35.5. The summed E-state index contributed by atoms with van der Waals surface area (Å²) in [4.78, 5) is 20.4. The van der Waals surface area contributed by atoms with Crippen LogP contribution in [-0.4, -0.2) is 42.0 Å². The number of pyridine rings is 1. The second-order valence-electron chi connectivity index (χ2n) is 4.97. The first kappa shape index (κ1) is 13.9. The van der Waals surface area contributed by atoms with E-state index in [0.29, 0.717) is 18.7 Å². The van der Waals surface area contributed by atoms with Crippen LogP contribution in [0.5, 0.6) is 0 Å². The summed E-state index contributed by atoms with van der Waals surface area (Å²) < 4.78 is 0. The predicted molar refractivity (Wildman–Crippen MR) is 83.8 cm³/mol. The first-order chi connectivity index (χ1) is 10.3. The van der Waals surface area contributed by atoms with Crippen molar-refractivity contribution in [3.63, 3.8) is 0 Å². The highest BCUT2D eigenvalue weighted by Gasteiger charge is 2.22. The van der Waals surface area contributed by atoms with Crippen molar-refractivity contribution in [1.82, 2.24) is 9.88 Å². The Labute approximate surface area is 129 Å². The molecule has 0 saturated carbocycles. The fraction of sp³-hybridized carbons (Fsp3) is 0.250. The molecule has 1 aromatic heterocycles. The standard InChI is InChI=1S/C16H16ClN3O/c17-14-3-1-2-4-15(14)19-9-11-20(12-10-19)16(21)13-5-7-18-8-6-13/h1-8H,9-12H2. The van der Waals surface area contributed by atoms with Crippen LogP contribution >= 0.6 is 11.6 Å². The largest absolute Gasteiger partial charge is 0.367 e. The summed E-state index contributed by atoms with van der Waals surface area (Å²) in [6.45, 7) is 2.99. The summed E-state index contributed by atoms with van der Waals surface area (Å²) >= 11 is 6.22. The quantitative estimate of drug-likeness (QED) is 0.856. The summed E-state index contributed by atoms with van der Waals surface area (Å²) in [6.07, 6.45) is 3.29. The van der Waals surface area contributed by atoms with Crippen LogP contribution in [0.15, 0.2) is 48.8 Å². The second-order valence-corrected chi connectivity index (χ2v) is 5.37. The fourth-order valence-corrected chi connectivity index (χ4v) is 2.79. The fourth-order valence-electron chi connectivity index (χ4n) is 2.54. The highest BCUT2D eigenvalue weighted by molar-refractivity contribution is 6.33. The molecule has 2 heterocycles. The number of aromatic nitrogens is 1. The van der Waals surface area contributed by atoms with Crippen molar-refractivity contribution in [3.05, 3.63) is 59.4 Å². The Kier molecular flexibility index (Phi) is 4.06. The number of carbonyl (C=O) groups is 1. The molecule has 1 aliphatic heterocycles. The Hall–Kier alpha value is -2.07. The molecule has 1 aliphatic rings. The van der Waals surface area contributed by atoms with Gasteiger partial charge >= 0.3 is 0 Å². The number of nitrogens with zero attached hydrogens (tertiary/aromatic N) is 3. The van der Waals surface area contributed by atoms with Crippen LogP contribution in [0.4, 0.5) is 5.69 Å². The first-order valence-electron chi connectivity index (χ1n) is 6.94. The van der Waals surface area contributed by atoms with Crippen LogP contribution < -0.4 is 4.90 Å². The zero-order chi connectivity index (χ0) is 14.7. The molecule has 3 rings (SSSR count). The molecule has 0 N–H and O–H groups in total. The molecule has 1 amide bonds.